The second kappa shape index (κ2) is 9.02. The van der Waals surface area contributed by atoms with Crippen LogP contribution in [0.3, 0.4) is 0 Å². The molecule has 6 aromatic rings. The Morgan fingerprint density at radius 1 is 0.769 bits per heavy atom. The topological polar surface area (TPSA) is 21.2 Å². The Balaban J connectivity index is 1.90. The Hall–Kier alpha value is -3.50. The molecule has 198 valence electrons. The maximum atomic E-state index is 5.65. The fourth-order valence-electron chi connectivity index (χ4n) is 6.55. The van der Waals surface area contributed by atoms with Crippen molar-refractivity contribution in [2.24, 2.45) is 7.05 Å². The Labute approximate surface area is 233 Å². The third kappa shape index (κ3) is 3.83. The van der Waals surface area contributed by atoms with Gasteiger partial charge in [0.15, 0.2) is 11.0 Å². The molecule has 0 atom stereocenters. The average molecular weight is 531 g/mol. The fourth-order valence-corrected chi connectivity index (χ4v) is 8.14. The molecule has 6 rings (SSSR count). The molecule has 0 amide bonds. The summed E-state index contributed by atoms with van der Waals surface area (Å²) < 4.78 is 4.83. The van der Waals surface area contributed by atoms with Gasteiger partial charge >= 0.3 is 0 Å². The monoisotopic (exact) mass is 530 g/mol. The molecule has 39 heavy (non-hydrogen) atoms. The van der Waals surface area contributed by atoms with Gasteiger partial charge in [-0.2, -0.15) is 4.40 Å². The number of hydrogen-bond acceptors (Lipinski definition) is 1. The minimum Gasteiger partial charge on any atom is -0.247 e. The Bertz CT molecular complexity index is 1890. The largest absolute Gasteiger partial charge is 0.297 e. The smallest absolute Gasteiger partial charge is 0.247 e. The summed E-state index contributed by atoms with van der Waals surface area (Å²) in [6.45, 7) is 18.8. The second-order valence-electron chi connectivity index (χ2n) is 12.8. The summed E-state index contributed by atoms with van der Waals surface area (Å²) in [5.41, 5.74) is 12.5. The zero-order valence-electron chi connectivity index (χ0n) is 24.8. The van der Waals surface area contributed by atoms with E-state index in [0.717, 1.165) is 11.2 Å². The van der Waals surface area contributed by atoms with Gasteiger partial charge in [0.25, 0.3) is 5.65 Å². The van der Waals surface area contributed by atoms with Crippen LogP contribution < -0.4 is 9.75 Å². The highest BCUT2D eigenvalue weighted by molar-refractivity contribution is 6.90. The summed E-state index contributed by atoms with van der Waals surface area (Å²) >= 11 is 0. The molecule has 0 aliphatic carbocycles. The van der Waals surface area contributed by atoms with E-state index in [-0.39, 0.29) is 0 Å². The van der Waals surface area contributed by atoms with E-state index in [2.05, 4.69) is 137 Å². The lowest BCUT2D eigenvalue weighted by Gasteiger charge is -2.22. The van der Waals surface area contributed by atoms with E-state index in [1.807, 2.05) is 0 Å². The summed E-state index contributed by atoms with van der Waals surface area (Å²) in [6, 6.07) is 24.8. The van der Waals surface area contributed by atoms with Gasteiger partial charge in [-0.1, -0.05) is 89.8 Å². The number of pyridine rings is 2. The molecule has 0 unspecified atom stereocenters. The molecule has 3 aromatic heterocycles. The highest BCUT2D eigenvalue weighted by Crippen LogP contribution is 2.39. The number of imidazole rings is 1. The lowest BCUT2D eigenvalue weighted by molar-refractivity contribution is -0.617. The van der Waals surface area contributed by atoms with Crippen molar-refractivity contribution >= 4 is 51.7 Å². The minimum atomic E-state index is -1.69. The summed E-state index contributed by atoms with van der Waals surface area (Å²) in [6.07, 6.45) is 0. The van der Waals surface area contributed by atoms with Gasteiger partial charge in [-0.25, -0.2) is 9.55 Å². The summed E-state index contributed by atoms with van der Waals surface area (Å²) in [5.74, 6) is 0.837. The van der Waals surface area contributed by atoms with Crippen LogP contribution >= 0.6 is 0 Å². The van der Waals surface area contributed by atoms with Crippen molar-refractivity contribution < 1.29 is 4.57 Å². The first-order chi connectivity index (χ1) is 18.5. The highest BCUT2D eigenvalue weighted by Gasteiger charge is 2.30. The molecule has 0 aliphatic rings. The molecule has 3 nitrogen and oxygen atoms in total. The predicted octanol–water partition coefficient (Wildman–Crippen LogP) is 8.39. The number of aromatic nitrogens is 3. The lowest BCUT2D eigenvalue weighted by Crippen LogP contribution is -2.38. The van der Waals surface area contributed by atoms with Crippen molar-refractivity contribution in [2.75, 3.05) is 0 Å². The number of nitrogens with zero attached hydrogens (tertiary/aromatic N) is 3. The Morgan fingerprint density at radius 3 is 2.03 bits per heavy atom. The van der Waals surface area contributed by atoms with Gasteiger partial charge in [0.2, 0.25) is 0 Å². The van der Waals surface area contributed by atoms with Crippen LogP contribution in [0.4, 0.5) is 0 Å². The summed E-state index contributed by atoms with van der Waals surface area (Å²) in [4.78, 5) is 5.65. The van der Waals surface area contributed by atoms with Gasteiger partial charge in [0, 0.05) is 10.9 Å². The van der Waals surface area contributed by atoms with E-state index in [1.165, 1.54) is 60.4 Å². The van der Waals surface area contributed by atoms with E-state index in [9.17, 15) is 0 Å². The van der Waals surface area contributed by atoms with E-state index in [0.29, 0.717) is 11.8 Å². The second-order valence-corrected chi connectivity index (χ2v) is 17.9. The molecule has 0 bridgehead atoms. The molecule has 0 aliphatic heterocycles. The molecule has 4 heteroatoms. The van der Waals surface area contributed by atoms with Crippen LogP contribution in [0.2, 0.25) is 19.6 Å². The van der Waals surface area contributed by atoms with Crippen LogP contribution in [0.25, 0.3) is 49.7 Å². The zero-order chi connectivity index (χ0) is 27.8. The van der Waals surface area contributed by atoms with Gasteiger partial charge in [-0.15, -0.1) is 0 Å². The highest BCUT2D eigenvalue weighted by atomic mass is 28.3. The van der Waals surface area contributed by atoms with Gasteiger partial charge < -0.3 is 0 Å². The zero-order valence-corrected chi connectivity index (χ0v) is 25.8. The standard InChI is InChI=1S/C35H40N3Si/c1-21(2)24-14-12-15-25(22(3)4)32(24)26-20-23(5)31-34(36-26)33-29(18-13-19-30(33)39(7,8)9)38-28-17-11-10-16-27(28)37(6)35(31)38/h10-22H,1-9H3/q+1. The maximum absolute atomic E-state index is 5.65. The third-order valence-corrected chi connectivity index (χ3v) is 10.4. The van der Waals surface area contributed by atoms with Crippen molar-refractivity contribution in [3.63, 3.8) is 0 Å². The number of hydrogen-bond donors (Lipinski definition) is 0. The van der Waals surface area contributed by atoms with Crippen molar-refractivity contribution in [3.05, 3.63) is 83.4 Å². The molecular formula is C35H40N3Si+. The predicted molar refractivity (Wildman–Crippen MR) is 170 cm³/mol. The normalized spacial score (nSPS) is 12.7. The van der Waals surface area contributed by atoms with Crippen LogP contribution in [-0.2, 0) is 7.05 Å². The molecule has 0 saturated heterocycles. The fraction of sp³-hybridized carbons (Fsp3) is 0.314. The first-order valence-corrected chi connectivity index (χ1v) is 17.8. The molecular weight excluding hydrogens is 490 g/mol. The number of para-hydroxylation sites is 2. The van der Waals surface area contributed by atoms with Crippen molar-refractivity contribution in [1.29, 1.82) is 0 Å². The van der Waals surface area contributed by atoms with E-state index < -0.39 is 8.07 Å². The van der Waals surface area contributed by atoms with Crippen LogP contribution in [0, 0.1) is 6.92 Å². The number of fused-ring (bicyclic) bond motifs is 8. The Morgan fingerprint density at radius 2 is 1.38 bits per heavy atom. The maximum Gasteiger partial charge on any atom is 0.297 e. The SMILES string of the molecule is Cc1cc(-c2c(C(C)C)cccc2C(C)C)nc2c3c([Si](C)(C)C)cccc3n3c4ccccc4[n+](C)c3c12. The van der Waals surface area contributed by atoms with Crippen LogP contribution in [0.1, 0.15) is 56.2 Å². The van der Waals surface area contributed by atoms with Gasteiger partial charge in [-0.05, 0) is 64.9 Å². The quantitative estimate of drug-likeness (QED) is 0.127. The van der Waals surface area contributed by atoms with Gasteiger partial charge in [-0.3, -0.25) is 0 Å². The molecule has 0 fully saturated rings. The van der Waals surface area contributed by atoms with Crippen LogP contribution in [0.5, 0.6) is 0 Å². The number of aryl methyl sites for hydroxylation is 2. The number of benzene rings is 3. The minimum absolute atomic E-state index is 0.419. The van der Waals surface area contributed by atoms with E-state index >= 15 is 0 Å². The average Bonchev–Trinajstić information content (AvgIpc) is 3.19. The third-order valence-electron chi connectivity index (χ3n) is 8.41. The van der Waals surface area contributed by atoms with E-state index in [1.54, 1.807) is 0 Å². The Kier molecular flexibility index (Phi) is 5.96. The first-order valence-electron chi connectivity index (χ1n) is 14.3. The number of rotatable bonds is 4. The molecule has 3 heterocycles. The van der Waals surface area contributed by atoms with Crippen molar-refractivity contribution in [1.82, 2.24) is 9.38 Å². The molecule has 0 N–H and O–H groups in total. The van der Waals surface area contributed by atoms with Gasteiger partial charge in [0.05, 0.1) is 31.7 Å². The van der Waals surface area contributed by atoms with Gasteiger partial charge in [0.1, 0.15) is 5.52 Å². The molecule has 3 aromatic carbocycles. The molecule has 0 spiro atoms. The molecule has 0 radical (unpaired) electrons. The summed E-state index contributed by atoms with van der Waals surface area (Å²) in [5, 5.41) is 4.04. The lowest BCUT2D eigenvalue weighted by atomic mass is 9.86. The summed E-state index contributed by atoms with van der Waals surface area (Å²) in [7, 11) is 0.503. The van der Waals surface area contributed by atoms with Crippen molar-refractivity contribution in [3.8, 4) is 11.3 Å². The van der Waals surface area contributed by atoms with E-state index in [4.69, 9.17) is 4.98 Å². The van der Waals surface area contributed by atoms with Crippen LogP contribution in [-0.4, -0.2) is 17.5 Å². The first kappa shape index (κ1) is 25.8. The van der Waals surface area contributed by atoms with Crippen LogP contribution in [0.15, 0.2) is 66.7 Å². The van der Waals surface area contributed by atoms with Crippen molar-refractivity contribution in [2.45, 2.75) is 66.1 Å². The molecule has 0 saturated carbocycles.